The van der Waals surface area contributed by atoms with Crippen LogP contribution in [0.25, 0.3) is 22.2 Å². The SMILES string of the molecule is CCOc1cc(C2OCC(C)(C)n3c(-c4ccc(C)cc4)c4c(=O)n(C)c(=O)n(C)c4c32)ccc1O. The van der Waals surface area contributed by atoms with Crippen LogP contribution in [0, 0.1) is 6.92 Å². The molecule has 1 aliphatic rings. The van der Waals surface area contributed by atoms with Crippen LogP contribution in [0.2, 0.25) is 0 Å². The number of nitrogens with zero attached hydrogens (tertiary/aromatic N) is 3. The summed E-state index contributed by atoms with van der Waals surface area (Å²) < 4.78 is 16.9. The minimum absolute atomic E-state index is 0.0404. The molecule has 0 bridgehead atoms. The maximum absolute atomic E-state index is 13.7. The molecule has 2 aromatic heterocycles. The molecule has 8 nitrogen and oxygen atoms in total. The van der Waals surface area contributed by atoms with Gasteiger partial charge in [0.15, 0.2) is 11.5 Å². The Morgan fingerprint density at radius 1 is 1.08 bits per heavy atom. The van der Waals surface area contributed by atoms with Gasteiger partial charge < -0.3 is 19.1 Å². The summed E-state index contributed by atoms with van der Waals surface area (Å²) in [7, 11) is 3.19. The maximum atomic E-state index is 13.7. The van der Waals surface area contributed by atoms with E-state index in [9.17, 15) is 14.7 Å². The van der Waals surface area contributed by atoms with Crippen molar-refractivity contribution in [2.24, 2.45) is 14.1 Å². The number of aromatic hydroxyl groups is 1. The number of benzene rings is 2. The summed E-state index contributed by atoms with van der Waals surface area (Å²) in [6.07, 6.45) is -0.586. The van der Waals surface area contributed by atoms with Crippen molar-refractivity contribution in [2.75, 3.05) is 13.2 Å². The average molecular weight is 490 g/mol. The molecule has 36 heavy (non-hydrogen) atoms. The van der Waals surface area contributed by atoms with E-state index < -0.39 is 17.3 Å². The Balaban J connectivity index is 1.94. The lowest BCUT2D eigenvalue weighted by Crippen LogP contribution is -2.40. The number of rotatable bonds is 4. The number of hydrogen-bond acceptors (Lipinski definition) is 5. The lowest BCUT2D eigenvalue weighted by molar-refractivity contribution is -0.00717. The van der Waals surface area contributed by atoms with Crippen molar-refractivity contribution < 1.29 is 14.6 Å². The normalized spacial score (nSPS) is 16.8. The number of hydrogen-bond donors (Lipinski definition) is 1. The van der Waals surface area contributed by atoms with E-state index in [1.54, 1.807) is 25.2 Å². The predicted molar refractivity (Wildman–Crippen MR) is 139 cm³/mol. The fraction of sp³-hybridized carbons (Fsp3) is 0.357. The first kappa shape index (κ1) is 23.9. The summed E-state index contributed by atoms with van der Waals surface area (Å²) in [6, 6.07) is 13.2. The number of fused-ring (bicyclic) bond motifs is 3. The molecular weight excluding hydrogens is 458 g/mol. The summed E-state index contributed by atoms with van der Waals surface area (Å²) in [4.78, 5) is 26.8. The monoisotopic (exact) mass is 489 g/mol. The molecule has 0 amide bonds. The molecule has 188 valence electrons. The van der Waals surface area contributed by atoms with E-state index in [4.69, 9.17) is 9.47 Å². The second kappa shape index (κ2) is 8.41. The Kier molecular flexibility index (Phi) is 5.59. The topological polar surface area (TPSA) is 87.6 Å². The van der Waals surface area contributed by atoms with Crippen molar-refractivity contribution in [2.45, 2.75) is 39.3 Å². The molecule has 5 rings (SSSR count). The Morgan fingerprint density at radius 2 is 1.78 bits per heavy atom. The zero-order valence-corrected chi connectivity index (χ0v) is 21.5. The minimum atomic E-state index is -0.586. The van der Waals surface area contributed by atoms with Gasteiger partial charge in [-0.25, -0.2) is 4.79 Å². The summed E-state index contributed by atoms with van der Waals surface area (Å²) >= 11 is 0. The van der Waals surface area contributed by atoms with Gasteiger partial charge >= 0.3 is 5.69 Å². The highest BCUT2D eigenvalue weighted by molar-refractivity contribution is 5.96. The molecule has 0 saturated carbocycles. The van der Waals surface area contributed by atoms with E-state index >= 15 is 0 Å². The molecule has 0 spiro atoms. The fourth-order valence-corrected chi connectivity index (χ4v) is 5.20. The summed E-state index contributed by atoms with van der Waals surface area (Å²) in [5.41, 5.74) is 3.54. The third kappa shape index (κ3) is 3.47. The first-order valence-electron chi connectivity index (χ1n) is 12.1. The van der Waals surface area contributed by atoms with Crippen molar-refractivity contribution in [1.82, 2.24) is 13.7 Å². The Morgan fingerprint density at radius 3 is 2.44 bits per heavy atom. The maximum Gasteiger partial charge on any atom is 0.331 e. The molecule has 2 aromatic carbocycles. The van der Waals surface area contributed by atoms with Crippen LogP contribution >= 0.6 is 0 Å². The van der Waals surface area contributed by atoms with Crippen molar-refractivity contribution in [3.63, 3.8) is 0 Å². The Bertz CT molecular complexity index is 1610. The van der Waals surface area contributed by atoms with Crippen molar-refractivity contribution in [3.05, 3.63) is 80.1 Å². The molecule has 0 fully saturated rings. The van der Waals surface area contributed by atoms with Crippen LogP contribution in [0.4, 0.5) is 0 Å². The van der Waals surface area contributed by atoms with E-state index in [2.05, 4.69) is 18.4 Å². The van der Waals surface area contributed by atoms with E-state index in [0.717, 1.165) is 32.6 Å². The van der Waals surface area contributed by atoms with Gasteiger partial charge in [0, 0.05) is 14.1 Å². The summed E-state index contributed by atoms with van der Waals surface area (Å²) in [5.74, 6) is 0.396. The quantitative estimate of drug-likeness (QED) is 0.469. The van der Waals surface area contributed by atoms with Gasteiger partial charge in [0.25, 0.3) is 5.56 Å². The van der Waals surface area contributed by atoms with Crippen LogP contribution in [-0.2, 0) is 24.4 Å². The highest BCUT2D eigenvalue weighted by atomic mass is 16.5. The van der Waals surface area contributed by atoms with Crippen LogP contribution in [-0.4, -0.2) is 32.0 Å². The van der Waals surface area contributed by atoms with E-state index in [0.29, 0.717) is 29.9 Å². The zero-order valence-electron chi connectivity index (χ0n) is 21.5. The molecule has 1 aliphatic heterocycles. The molecule has 0 radical (unpaired) electrons. The van der Waals surface area contributed by atoms with Gasteiger partial charge in [0.2, 0.25) is 0 Å². The third-order valence-corrected chi connectivity index (χ3v) is 6.98. The van der Waals surface area contributed by atoms with Gasteiger partial charge in [-0.05, 0) is 51.0 Å². The molecule has 0 saturated heterocycles. The van der Waals surface area contributed by atoms with Crippen molar-refractivity contribution in [3.8, 4) is 22.8 Å². The highest BCUT2D eigenvalue weighted by Crippen LogP contribution is 2.46. The van der Waals surface area contributed by atoms with Gasteiger partial charge in [-0.3, -0.25) is 13.9 Å². The van der Waals surface area contributed by atoms with Gasteiger partial charge in [-0.15, -0.1) is 0 Å². The van der Waals surface area contributed by atoms with E-state index in [1.165, 1.54) is 11.6 Å². The smallest absolute Gasteiger partial charge is 0.331 e. The highest BCUT2D eigenvalue weighted by Gasteiger charge is 2.40. The Labute approximate surface area is 208 Å². The minimum Gasteiger partial charge on any atom is -0.504 e. The van der Waals surface area contributed by atoms with Gasteiger partial charge in [0.05, 0.1) is 41.0 Å². The largest absolute Gasteiger partial charge is 0.504 e. The standard InChI is InChI=1S/C28H31N3O5/c1-7-35-20-14-18(12-13-19(20)32)25-24-23-21(26(33)30(6)27(34)29(23)5)22(17-10-8-16(2)9-11-17)31(24)28(3,4)15-36-25/h8-14,25,32H,7,15H2,1-6H3. The van der Waals surface area contributed by atoms with Gasteiger partial charge in [-0.2, -0.15) is 0 Å². The first-order valence-corrected chi connectivity index (χ1v) is 12.1. The molecular formula is C28H31N3O5. The lowest BCUT2D eigenvalue weighted by atomic mass is 9.97. The lowest BCUT2D eigenvalue weighted by Gasteiger charge is -2.39. The Hall–Kier alpha value is -3.78. The molecule has 1 unspecified atom stereocenters. The number of aryl methyl sites for hydroxylation is 2. The van der Waals surface area contributed by atoms with Crippen molar-refractivity contribution in [1.29, 1.82) is 0 Å². The molecule has 4 aromatic rings. The second-order valence-electron chi connectivity index (χ2n) is 10.0. The van der Waals surface area contributed by atoms with E-state index in [-0.39, 0.29) is 11.3 Å². The van der Waals surface area contributed by atoms with Crippen LogP contribution in [0.15, 0.2) is 52.1 Å². The summed E-state index contributed by atoms with van der Waals surface area (Å²) in [5, 5.41) is 10.8. The van der Waals surface area contributed by atoms with Crippen molar-refractivity contribution >= 4 is 10.9 Å². The number of phenolic OH excluding ortho intramolecular Hbond substituents is 1. The first-order chi connectivity index (χ1) is 17.1. The van der Waals surface area contributed by atoms with Crippen LogP contribution < -0.4 is 16.0 Å². The fourth-order valence-electron chi connectivity index (χ4n) is 5.20. The predicted octanol–water partition coefficient (Wildman–Crippen LogP) is 3.97. The summed E-state index contributed by atoms with van der Waals surface area (Å²) in [6.45, 7) is 8.78. The van der Waals surface area contributed by atoms with Gasteiger partial charge in [-0.1, -0.05) is 35.9 Å². The van der Waals surface area contributed by atoms with Gasteiger partial charge in [0.1, 0.15) is 6.10 Å². The molecule has 1 atom stereocenters. The molecule has 3 heterocycles. The number of ether oxygens (including phenoxy) is 2. The zero-order chi connectivity index (χ0) is 25.9. The van der Waals surface area contributed by atoms with E-state index in [1.807, 2.05) is 38.1 Å². The number of aromatic nitrogens is 3. The second-order valence-corrected chi connectivity index (χ2v) is 10.0. The van der Waals surface area contributed by atoms with Crippen LogP contribution in [0.5, 0.6) is 11.5 Å². The third-order valence-electron chi connectivity index (χ3n) is 6.98. The van der Waals surface area contributed by atoms with Crippen LogP contribution in [0.3, 0.4) is 0 Å². The average Bonchev–Trinajstić information content (AvgIpc) is 3.21. The molecule has 8 heteroatoms. The number of phenols is 1. The molecule has 0 aliphatic carbocycles. The molecule has 1 N–H and O–H groups in total. The van der Waals surface area contributed by atoms with Crippen LogP contribution in [0.1, 0.15) is 43.7 Å².